The van der Waals surface area contributed by atoms with Gasteiger partial charge in [0.05, 0.1) is 22.9 Å². The average Bonchev–Trinajstić information content (AvgIpc) is 3.14. The summed E-state index contributed by atoms with van der Waals surface area (Å²) < 4.78 is 30.8. The number of fused-ring (bicyclic) bond motifs is 1. The summed E-state index contributed by atoms with van der Waals surface area (Å²) in [6, 6.07) is 18.9. The summed E-state index contributed by atoms with van der Waals surface area (Å²) in [5.74, 6) is -1.31. The Morgan fingerprint density at radius 2 is 1.57 bits per heavy atom. The van der Waals surface area contributed by atoms with Crippen molar-refractivity contribution in [1.29, 1.82) is 0 Å². The summed E-state index contributed by atoms with van der Waals surface area (Å²) in [6.45, 7) is 3.23. The summed E-state index contributed by atoms with van der Waals surface area (Å²) in [7, 11) is -2.20. The van der Waals surface area contributed by atoms with Crippen LogP contribution in [0, 0.1) is 0 Å². The molecule has 2 saturated heterocycles. The van der Waals surface area contributed by atoms with E-state index >= 15 is 0 Å². The predicted octanol–water partition coefficient (Wildman–Crippen LogP) is 4.16. The Morgan fingerprint density at radius 3 is 2.25 bits per heavy atom. The minimum Gasteiger partial charge on any atom is -0.451 e. The van der Waals surface area contributed by atoms with Crippen molar-refractivity contribution >= 4 is 61.7 Å². The first kappa shape index (κ1) is 35.9. The van der Waals surface area contributed by atoms with Gasteiger partial charge in [-0.05, 0) is 67.3 Å². The van der Waals surface area contributed by atoms with Crippen LogP contribution in [0.3, 0.4) is 0 Å². The molecule has 2 aliphatic heterocycles. The Kier molecular flexibility index (Phi) is 10.7. The minimum atomic E-state index is -3.57. The molecule has 2 fully saturated rings. The minimum absolute atomic E-state index is 0.0246. The summed E-state index contributed by atoms with van der Waals surface area (Å²) >= 11 is 6.10. The number of amides is 3. The number of nitrogens with zero attached hydrogens (tertiary/aromatic N) is 4. The van der Waals surface area contributed by atoms with Crippen molar-refractivity contribution in [2.75, 3.05) is 61.8 Å². The topological polar surface area (TPSA) is 141 Å². The van der Waals surface area contributed by atoms with Crippen molar-refractivity contribution < 1.29 is 27.2 Å². The summed E-state index contributed by atoms with van der Waals surface area (Å²) in [4.78, 5) is 60.0. The lowest BCUT2D eigenvalue weighted by Crippen LogP contribution is -2.56. The molecule has 3 aromatic carbocycles. The molecule has 0 spiro atoms. The van der Waals surface area contributed by atoms with Crippen LogP contribution in [0.5, 0.6) is 0 Å². The van der Waals surface area contributed by atoms with Gasteiger partial charge in [0.25, 0.3) is 11.8 Å². The van der Waals surface area contributed by atoms with Gasteiger partial charge in [0.1, 0.15) is 11.6 Å². The number of piperazine rings is 1. The van der Waals surface area contributed by atoms with Crippen LogP contribution >= 0.6 is 11.6 Å². The van der Waals surface area contributed by atoms with Crippen LogP contribution in [0.25, 0.3) is 11.0 Å². The van der Waals surface area contributed by atoms with Gasteiger partial charge >= 0.3 is 0 Å². The molecule has 0 radical (unpaired) electrons. The number of carbonyl (C=O) groups excluding carboxylic acids is 3. The smallest absolute Gasteiger partial charge is 0.287 e. The van der Waals surface area contributed by atoms with E-state index in [0.717, 1.165) is 60.2 Å². The van der Waals surface area contributed by atoms with Crippen LogP contribution in [0.2, 0.25) is 5.02 Å². The molecule has 14 heteroatoms. The Morgan fingerprint density at radius 1 is 0.882 bits per heavy atom. The highest BCUT2D eigenvalue weighted by molar-refractivity contribution is 7.92. The summed E-state index contributed by atoms with van der Waals surface area (Å²) in [6.07, 6.45) is 4.34. The molecule has 0 saturated carbocycles. The number of anilines is 2. The summed E-state index contributed by atoms with van der Waals surface area (Å²) in [5, 5.41) is 3.43. The zero-order valence-corrected chi connectivity index (χ0v) is 30.1. The first-order valence-corrected chi connectivity index (χ1v) is 19.1. The first-order chi connectivity index (χ1) is 24.4. The number of para-hydroxylation sites is 1. The van der Waals surface area contributed by atoms with Gasteiger partial charge in [-0.1, -0.05) is 35.9 Å². The molecular formula is C37H40ClN5O7S. The molecule has 1 N–H and O–H groups in total. The molecule has 1 aromatic heterocycles. The molecule has 2 aliphatic rings. The van der Waals surface area contributed by atoms with Gasteiger partial charge in [-0.2, -0.15) is 0 Å². The number of hydrogen-bond donors (Lipinski definition) is 1. The maximum absolute atomic E-state index is 14.1. The first-order valence-electron chi connectivity index (χ1n) is 16.9. The lowest BCUT2D eigenvalue weighted by Gasteiger charge is -2.38. The summed E-state index contributed by atoms with van der Waals surface area (Å²) in [5.41, 5.74) is 2.08. The molecule has 51 heavy (non-hydrogen) atoms. The largest absolute Gasteiger partial charge is 0.451 e. The van der Waals surface area contributed by atoms with Crippen LogP contribution in [0.4, 0.5) is 11.4 Å². The van der Waals surface area contributed by atoms with Crippen molar-refractivity contribution in [2.45, 2.75) is 31.7 Å². The van der Waals surface area contributed by atoms with Crippen LogP contribution < -0.4 is 20.0 Å². The monoisotopic (exact) mass is 733 g/mol. The highest BCUT2D eigenvalue weighted by Gasteiger charge is 2.31. The van der Waals surface area contributed by atoms with Crippen molar-refractivity contribution in [3.63, 3.8) is 0 Å². The number of benzene rings is 3. The maximum atomic E-state index is 14.1. The van der Waals surface area contributed by atoms with E-state index in [1.165, 1.54) is 25.2 Å². The number of carbonyl (C=O) groups is 3. The number of nitrogens with one attached hydrogen (secondary N) is 1. The number of rotatable bonds is 9. The number of halogens is 1. The second kappa shape index (κ2) is 15.2. The SMILES string of the molecule is CN(c1ccc2oc(C(=O)N[C@H](Cc3ccc(Cl)cc3)C(=O)N3CCN(c4ccccc4C(=O)N4CCCCC4)CC3)cc(=O)c2c1)S(C)(=O)=O. The third kappa shape index (κ3) is 8.20. The van der Waals surface area contributed by atoms with E-state index in [-0.39, 0.29) is 40.7 Å². The fourth-order valence-corrected chi connectivity index (χ4v) is 7.14. The van der Waals surface area contributed by atoms with Gasteiger partial charge < -0.3 is 24.4 Å². The van der Waals surface area contributed by atoms with Crippen molar-refractivity contribution in [2.24, 2.45) is 0 Å². The second-order valence-electron chi connectivity index (χ2n) is 12.9. The van der Waals surface area contributed by atoms with Crippen LogP contribution in [-0.4, -0.2) is 94.6 Å². The van der Waals surface area contributed by atoms with E-state index in [0.29, 0.717) is 36.8 Å². The van der Waals surface area contributed by atoms with Gasteiger partial charge in [0, 0.05) is 69.5 Å². The average molecular weight is 734 g/mol. The molecule has 4 aromatic rings. The molecule has 3 heterocycles. The van der Waals surface area contributed by atoms with E-state index in [4.69, 9.17) is 16.0 Å². The van der Waals surface area contributed by atoms with E-state index in [1.807, 2.05) is 29.2 Å². The van der Waals surface area contributed by atoms with Gasteiger partial charge in [0.15, 0.2) is 11.2 Å². The third-order valence-corrected chi connectivity index (χ3v) is 10.9. The van der Waals surface area contributed by atoms with Crippen LogP contribution in [0.15, 0.2) is 82.0 Å². The molecule has 3 amide bonds. The van der Waals surface area contributed by atoms with E-state index in [1.54, 1.807) is 29.2 Å². The number of piperidine rings is 1. The molecule has 1 atom stereocenters. The van der Waals surface area contributed by atoms with Gasteiger partial charge in [-0.25, -0.2) is 8.42 Å². The number of sulfonamides is 1. The Bertz CT molecular complexity index is 2110. The standard InChI is InChI=1S/C37H40ClN5O7S/c1-40(51(2,48)49)27-14-15-33-29(23-27)32(44)24-34(50-33)35(45)39-30(22-25-10-12-26(38)13-11-25)37(47)43-20-18-41(19-21-43)31-9-5-4-8-28(31)36(46)42-16-6-3-7-17-42/h4-5,8-15,23-24,30H,3,6-7,16-22H2,1-2H3,(H,39,45)/t30-/m1/s1. The Balaban J connectivity index is 1.19. The third-order valence-electron chi connectivity index (χ3n) is 9.46. The van der Waals surface area contributed by atoms with Gasteiger partial charge in [-0.15, -0.1) is 0 Å². The van der Waals surface area contributed by atoms with E-state index in [9.17, 15) is 27.6 Å². The van der Waals surface area contributed by atoms with Gasteiger partial charge in [-0.3, -0.25) is 23.5 Å². The zero-order chi connectivity index (χ0) is 36.3. The lowest BCUT2D eigenvalue weighted by molar-refractivity contribution is -0.133. The van der Waals surface area contributed by atoms with E-state index in [2.05, 4.69) is 10.2 Å². The van der Waals surface area contributed by atoms with Crippen LogP contribution in [-0.2, 0) is 21.2 Å². The predicted molar refractivity (Wildman–Crippen MR) is 197 cm³/mol. The van der Waals surface area contributed by atoms with Gasteiger partial charge in [0.2, 0.25) is 15.9 Å². The fourth-order valence-electron chi connectivity index (χ4n) is 6.51. The van der Waals surface area contributed by atoms with Crippen molar-refractivity contribution in [3.05, 3.63) is 105 Å². The van der Waals surface area contributed by atoms with Crippen molar-refractivity contribution in [1.82, 2.24) is 15.1 Å². The quantitative estimate of drug-likeness (QED) is 0.271. The maximum Gasteiger partial charge on any atom is 0.287 e. The molecule has 0 bridgehead atoms. The molecule has 12 nitrogen and oxygen atoms in total. The Labute approximate surface area is 301 Å². The van der Waals surface area contributed by atoms with Crippen molar-refractivity contribution in [3.8, 4) is 0 Å². The molecule has 6 rings (SSSR count). The molecular weight excluding hydrogens is 694 g/mol. The number of hydrogen-bond acceptors (Lipinski definition) is 8. The molecule has 0 unspecified atom stereocenters. The molecule has 268 valence electrons. The fraction of sp³-hybridized carbons (Fsp3) is 0.351. The van der Waals surface area contributed by atoms with Crippen LogP contribution in [0.1, 0.15) is 45.7 Å². The molecule has 0 aliphatic carbocycles. The Hall–Kier alpha value is -4.88. The zero-order valence-electron chi connectivity index (χ0n) is 28.5. The highest BCUT2D eigenvalue weighted by atomic mass is 35.5. The lowest BCUT2D eigenvalue weighted by atomic mass is 10.0. The van der Waals surface area contributed by atoms with E-state index < -0.39 is 27.4 Å². The number of likely N-dealkylation sites (tertiary alicyclic amines) is 1. The highest BCUT2D eigenvalue weighted by Crippen LogP contribution is 2.26. The normalized spacial score (nSPS) is 15.8. The second-order valence-corrected chi connectivity index (χ2v) is 15.4.